The Balaban J connectivity index is 1.36. The summed E-state index contributed by atoms with van der Waals surface area (Å²) in [4.78, 5) is 8.82. The third kappa shape index (κ3) is 3.37. The number of pyridine rings is 1. The number of hydrogen-bond acceptors (Lipinski definition) is 4. The molecule has 0 unspecified atom stereocenters. The summed E-state index contributed by atoms with van der Waals surface area (Å²) in [7, 11) is 0. The summed E-state index contributed by atoms with van der Waals surface area (Å²) in [5.41, 5.74) is 3.34. The molecule has 0 spiro atoms. The van der Waals surface area contributed by atoms with Crippen molar-refractivity contribution in [2.75, 3.05) is 6.54 Å². The van der Waals surface area contributed by atoms with Crippen LogP contribution in [-0.4, -0.2) is 27.2 Å². The molecular weight excluding hydrogens is 300 g/mol. The van der Waals surface area contributed by atoms with E-state index in [1.165, 1.54) is 5.56 Å². The Morgan fingerprint density at radius 2 is 2.08 bits per heavy atom. The number of nitrogens with zero attached hydrogens (tertiary/aromatic N) is 3. The van der Waals surface area contributed by atoms with Crippen LogP contribution in [-0.2, 0) is 24.4 Å². The highest BCUT2D eigenvalue weighted by Crippen LogP contribution is 2.21. The number of rotatable bonds is 5. The molecule has 5 nitrogen and oxygen atoms in total. The fraction of sp³-hybridized carbons (Fsp3) is 0.263. The molecule has 1 aliphatic heterocycles. The molecule has 0 saturated carbocycles. The predicted molar refractivity (Wildman–Crippen MR) is 92.2 cm³/mol. The van der Waals surface area contributed by atoms with Crippen molar-refractivity contribution < 1.29 is 4.74 Å². The molecular formula is C19H20N4O. The quantitative estimate of drug-likeness (QED) is 0.785. The van der Waals surface area contributed by atoms with Gasteiger partial charge in [-0.25, -0.2) is 4.98 Å². The van der Waals surface area contributed by atoms with Gasteiger partial charge < -0.3 is 14.6 Å². The molecule has 0 saturated heterocycles. The average Bonchev–Trinajstić information content (AvgIpc) is 3.07. The number of nitrogens with one attached hydrogen (secondary N) is 1. The van der Waals surface area contributed by atoms with Crippen LogP contribution in [0.2, 0.25) is 0 Å². The van der Waals surface area contributed by atoms with Crippen LogP contribution in [0.4, 0.5) is 0 Å². The molecule has 3 aromatic rings. The Morgan fingerprint density at radius 1 is 1.17 bits per heavy atom. The van der Waals surface area contributed by atoms with E-state index in [4.69, 9.17) is 9.72 Å². The first kappa shape index (κ1) is 15.1. The first-order valence-corrected chi connectivity index (χ1v) is 8.21. The maximum Gasteiger partial charge on any atom is 0.135 e. The van der Waals surface area contributed by atoms with Gasteiger partial charge in [-0.3, -0.25) is 4.98 Å². The second kappa shape index (κ2) is 6.95. The molecule has 0 fully saturated rings. The zero-order valence-electron chi connectivity index (χ0n) is 13.4. The summed E-state index contributed by atoms with van der Waals surface area (Å²) >= 11 is 0. The normalized spacial score (nSPS) is 16.8. The van der Waals surface area contributed by atoms with E-state index in [0.29, 0.717) is 6.61 Å². The van der Waals surface area contributed by atoms with Gasteiger partial charge in [-0.1, -0.05) is 36.4 Å². The van der Waals surface area contributed by atoms with Crippen molar-refractivity contribution in [1.82, 2.24) is 19.9 Å². The van der Waals surface area contributed by atoms with E-state index in [2.05, 4.69) is 39.3 Å². The summed E-state index contributed by atoms with van der Waals surface area (Å²) < 4.78 is 8.14. The highest BCUT2D eigenvalue weighted by molar-refractivity contribution is 5.58. The van der Waals surface area contributed by atoms with Gasteiger partial charge in [0, 0.05) is 37.2 Å². The van der Waals surface area contributed by atoms with Crippen LogP contribution >= 0.6 is 0 Å². The van der Waals surface area contributed by atoms with E-state index in [9.17, 15) is 0 Å². The smallest absolute Gasteiger partial charge is 0.135 e. The highest BCUT2D eigenvalue weighted by Gasteiger charge is 2.20. The molecule has 0 aliphatic carbocycles. The minimum Gasteiger partial charge on any atom is -0.367 e. The molecule has 1 aromatic carbocycles. The highest BCUT2D eigenvalue weighted by atomic mass is 16.5. The van der Waals surface area contributed by atoms with Crippen molar-refractivity contribution in [2.24, 2.45) is 0 Å². The first-order chi connectivity index (χ1) is 11.9. The van der Waals surface area contributed by atoms with Gasteiger partial charge in [0.05, 0.1) is 18.3 Å². The van der Waals surface area contributed by atoms with Gasteiger partial charge in [0.1, 0.15) is 12.4 Å². The molecule has 3 heterocycles. The number of aromatic nitrogens is 3. The topological polar surface area (TPSA) is 52.0 Å². The van der Waals surface area contributed by atoms with E-state index in [1.807, 2.05) is 30.5 Å². The van der Waals surface area contributed by atoms with Crippen molar-refractivity contribution in [2.45, 2.75) is 25.8 Å². The Bertz CT molecular complexity index is 786. The number of benzene rings is 1. The Morgan fingerprint density at radius 3 is 2.92 bits per heavy atom. The monoisotopic (exact) mass is 320 g/mol. The van der Waals surface area contributed by atoms with Crippen LogP contribution in [0.5, 0.6) is 0 Å². The second-order valence-corrected chi connectivity index (χ2v) is 5.99. The van der Waals surface area contributed by atoms with Crippen LogP contribution in [0.15, 0.2) is 61.1 Å². The third-order valence-electron chi connectivity index (χ3n) is 4.20. The standard InChI is InChI=1S/C19H20N4O/c1-2-6-16(7-3-1)18-13-23-12-17(24-14-19(23)22-18)11-21-10-15-5-4-8-20-9-15/h1-9,13,17,21H,10-12,14H2/t17-/m0/s1. The van der Waals surface area contributed by atoms with E-state index < -0.39 is 0 Å². The number of hydrogen-bond donors (Lipinski definition) is 1. The molecule has 0 amide bonds. The van der Waals surface area contributed by atoms with Gasteiger partial charge in [0.25, 0.3) is 0 Å². The minimum atomic E-state index is 0.159. The first-order valence-electron chi connectivity index (χ1n) is 8.21. The summed E-state index contributed by atoms with van der Waals surface area (Å²) in [6.07, 6.45) is 5.96. The number of ether oxygens (including phenoxy) is 1. The van der Waals surface area contributed by atoms with Crippen LogP contribution in [0.1, 0.15) is 11.4 Å². The number of imidazole rings is 1. The molecule has 0 bridgehead atoms. The van der Waals surface area contributed by atoms with Crippen molar-refractivity contribution in [3.63, 3.8) is 0 Å². The van der Waals surface area contributed by atoms with Crippen LogP contribution in [0.3, 0.4) is 0 Å². The fourth-order valence-electron chi connectivity index (χ4n) is 2.94. The maximum absolute atomic E-state index is 5.93. The SMILES string of the molecule is c1ccc(-c2cn3c(n2)CO[C@@H](CNCc2cccnc2)C3)cc1. The van der Waals surface area contributed by atoms with Gasteiger partial charge in [0.15, 0.2) is 0 Å². The summed E-state index contributed by atoms with van der Waals surface area (Å²) in [6.45, 7) is 3.01. The van der Waals surface area contributed by atoms with Crippen molar-refractivity contribution in [3.05, 3.63) is 72.4 Å². The van der Waals surface area contributed by atoms with Crippen molar-refractivity contribution in [3.8, 4) is 11.3 Å². The van der Waals surface area contributed by atoms with E-state index >= 15 is 0 Å². The summed E-state index contributed by atoms with van der Waals surface area (Å²) in [6, 6.07) is 14.3. The van der Waals surface area contributed by atoms with Crippen LogP contribution < -0.4 is 5.32 Å². The van der Waals surface area contributed by atoms with Crippen LogP contribution in [0.25, 0.3) is 11.3 Å². The summed E-state index contributed by atoms with van der Waals surface area (Å²) in [5.74, 6) is 0.998. The Hall–Kier alpha value is -2.50. The lowest BCUT2D eigenvalue weighted by Gasteiger charge is -2.24. The zero-order valence-corrected chi connectivity index (χ0v) is 13.4. The lowest BCUT2D eigenvalue weighted by molar-refractivity contribution is 0.00278. The van der Waals surface area contributed by atoms with E-state index in [1.54, 1.807) is 6.20 Å². The van der Waals surface area contributed by atoms with Gasteiger partial charge in [-0.2, -0.15) is 0 Å². The lowest BCUT2D eigenvalue weighted by Crippen LogP contribution is -2.35. The van der Waals surface area contributed by atoms with E-state index in [0.717, 1.165) is 36.7 Å². The second-order valence-electron chi connectivity index (χ2n) is 5.99. The molecule has 5 heteroatoms. The third-order valence-corrected chi connectivity index (χ3v) is 4.20. The van der Waals surface area contributed by atoms with Gasteiger partial charge in [-0.15, -0.1) is 0 Å². The maximum atomic E-state index is 5.93. The summed E-state index contributed by atoms with van der Waals surface area (Å²) in [5, 5.41) is 3.44. The molecule has 122 valence electrons. The van der Waals surface area contributed by atoms with E-state index in [-0.39, 0.29) is 6.10 Å². The number of fused-ring (bicyclic) bond motifs is 1. The average molecular weight is 320 g/mol. The van der Waals surface area contributed by atoms with Gasteiger partial charge >= 0.3 is 0 Å². The largest absolute Gasteiger partial charge is 0.367 e. The van der Waals surface area contributed by atoms with Gasteiger partial charge in [0.2, 0.25) is 0 Å². The van der Waals surface area contributed by atoms with Crippen molar-refractivity contribution >= 4 is 0 Å². The molecule has 1 atom stereocenters. The molecule has 4 rings (SSSR count). The fourth-order valence-corrected chi connectivity index (χ4v) is 2.94. The molecule has 24 heavy (non-hydrogen) atoms. The lowest BCUT2D eigenvalue weighted by atomic mass is 10.2. The van der Waals surface area contributed by atoms with Gasteiger partial charge in [-0.05, 0) is 11.6 Å². The molecule has 1 aliphatic rings. The molecule has 0 radical (unpaired) electrons. The Labute approximate surface area is 141 Å². The Kier molecular flexibility index (Phi) is 4.36. The zero-order chi connectivity index (χ0) is 16.2. The molecule has 1 N–H and O–H groups in total. The predicted octanol–water partition coefficient (Wildman–Crippen LogP) is 2.63. The van der Waals surface area contributed by atoms with Crippen LogP contribution in [0, 0.1) is 0 Å². The minimum absolute atomic E-state index is 0.159. The van der Waals surface area contributed by atoms with Crippen molar-refractivity contribution in [1.29, 1.82) is 0 Å². The molecule has 2 aromatic heterocycles.